The normalized spacial score (nSPS) is 16.2. The highest BCUT2D eigenvalue weighted by Crippen LogP contribution is 2.21. The second-order valence-corrected chi connectivity index (χ2v) is 4.43. The molecule has 0 spiro atoms. The molecule has 18 heavy (non-hydrogen) atoms. The minimum atomic E-state index is 0.0521. The molecule has 0 unspecified atom stereocenters. The highest BCUT2D eigenvalue weighted by Gasteiger charge is 2.19. The molecule has 3 rings (SSSR count). The molecule has 0 saturated carbocycles. The summed E-state index contributed by atoms with van der Waals surface area (Å²) in [7, 11) is 0. The van der Waals surface area contributed by atoms with E-state index in [0.717, 1.165) is 13.1 Å². The Bertz CT molecular complexity index is 626. The molecule has 0 amide bonds. The highest BCUT2D eigenvalue weighted by molar-refractivity contribution is 5.80. The lowest BCUT2D eigenvalue weighted by molar-refractivity contribution is 0.122. The predicted molar refractivity (Wildman–Crippen MR) is 70.3 cm³/mol. The molecule has 4 heteroatoms. The molecule has 2 heterocycles. The van der Waals surface area contributed by atoms with E-state index in [2.05, 4.69) is 4.90 Å². The van der Waals surface area contributed by atoms with E-state index in [1.165, 1.54) is 0 Å². The number of nitrogens with zero attached hydrogens (tertiary/aromatic N) is 1. The van der Waals surface area contributed by atoms with E-state index in [-0.39, 0.29) is 5.43 Å². The van der Waals surface area contributed by atoms with Crippen molar-refractivity contribution >= 4 is 16.7 Å². The minimum Gasteiger partial charge on any atom is -0.459 e. The molecular formula is C14H15NO3. The Morgan fingerprint density at radius 3 is 2.67 bits per heavy atom. The van der Waals surface area contributed by atoms with Gasteiger partial charge in [-0.1, -0.05) is 12.1 Å². The summed E-state index contributed by atoms with van der Waals surface area (Å²) in [5.41, 5.74) is 1.38. The molecule has 0 N–H and O–H groups in total. The molecule has 1 fully saturated rings. The predicted octanol–water partition coefficient (Wildman–Crippen LogP) is 1.94. The fraction of sp³-hybridized carbons (Fsp3) is 0.357. The first-order valence-electron chi connectivity index (χ1n) is 6.12. The van der Waals surface area contributed by atoms with Gasteiger partial charge in [-0.15, -0.1) is 0 Å². The molecule has 0 bridgehead atoms. The maximum atomic E-state index is 12.5. The van der Waals surface area contributed by atoms with Gasteiger partial charge in [0.05, 0.1) is 18.6 Å². The number of ether oxygens (including phenoxy) is 1. The molecular weight excluding hydrogens is 230 g/mol. The first kappa shape index (κ1) is 11.3. The molecule has 0 atom stereocenters. The monoisotopic (exact) mass is 245 g/mol. The van der Waals surface area contributed by atoms with Crippen molar-refractivity contribution in [3.63, 3.8) is 0 Å². The lowest BCUT2D eigenvalue weighted by Gasteiger charge is -2.28. The van der Waals surface area contributed by atoms with Gasteiger partial charge in [0.15, 0.2) is 0 Å². The van der Waals surface area contributed by atoms with Crippen LogP contribution in [0.25, 0.3) is 11.0 Å². The number of hydrogen-bond acceptors (Lipinski definition) is 4. The van der Waals surface area contributed by atoms with Crippen LogP contribution in [0.3, 0.4) is 0 Å². The standard InChI is InChI=1S/C14H15NO3/c1-10-13(15-6-8-17-9-7-15)14(16)11-4-2-3-5-12(11)18-10/h2-5H,6-9H2,1H3. The quantitative estimate of drug-likeness (QED) is 0.770. The number of para-hydroxylation sites is 1. The van der Waals surface area contributed by atoms with E-state index in [9.17, 15) is 4.79 Å². The maximum absolute atomic E-state index is 12.5. The molecule has 94 valence electrons. The van der Waals surface area contributed by atoms with E-state index in [4.69, 9.17) is 9.15 Å². The van der Waals surface area contributed by atoms with E-state index >= 15 is 0 Å². The summed E-state index contributed by atoms with van der Waals surface area (Å²) in [6.07, 6.45) is 0. The van der Waals surface area contributed by atoms with Gasteiger partial charge in [0, 0.05) is 13.1 Å². The van der Waals surface area contributed by atoms with Crippen LogP contribution in [-0.4, -0.2) is 26.3 Å². The van der Waals surface area contributed by atoms with Crippen LogP contribution in [0.15, 0.2) is 33.5 Å². The zero-order valence-electron chi connectivity index (χ0n) is 10.3. The van der Waals surface area contributed by atoms with Crippen molar-refractivity contribution in [2.75, 3.05) is 31.2 Å². The SMILES string of the molecule is Cc1oc2ccccc2c(=O)c1N1CCOCC1. The van der Waals surface area contributed by atoms with Gasteiger partial charge < -0.3 is 14.1 Å². The first-order valence-corrected chi connectivity index (χ1v) is 6.12. The van der Waals surface area contributed by atoms with Crippen molar-refractivity contribution in [2.45, 2.75) is 6.92 Å². The molecule has 1 aromatic carbocycles. The van der Waals surface area contributed by atoms with Crippen LogP contribution in [-0.2, 0) is 4.74 Å². The zero-order chi connectivity index (χ0) is 12.5. The van der Waals surface area contributed by atoms with Crippen molar-refractivity contribution in [1.82, 2.24) is 0 Å². The Balaban J connectivity index is 2.19. The second-order valence-electron chi connectivity index (χ2n) is 4.43. The Morgan fingerprint density at radius 2 is 1.89 bits per heavy atom. The van der Waals surface area contributed by atoms with Crippen molar-refractivity contribution in [3.05, 3.63) is 40.2 Å². The van der Waals surface area contributed by atoms with Gasteiger partial charge >= 0.3 is 0 Å². The van der Waals surface area contributed by atoms with Crippen LogP contribution in [0.4, 0.5) is 5.69 Å². The molecule has 2 aromatic rings. The van der Waals surface area contributed by atoms with E-state index < -0.39 is 0 Å². The molecule has 1 aliphatic heterocycles. The Kier molecular flexibility index (Phi) is 2.80. The summed E-state index contributed by atoms with van der Waals surface area (Å²) >= 11 is 0. The third-order valence-electron chi connectivity index (χ3n) is 3.27. The van der Waals surface area contributed by atoms with Crippen LogP contribution < -0.4 is 10.3 Å². The fourth-order valence-electron chi connectivity index (χ4n) is 2.40. The average molecular weight is 245 g/mol. The maximum Gasteiger partial charge on any atom is 0.216 e. The zero-order valence-corrected chi connectivity index (χ0v) is 10.3. The Morgan fingerprint density at radius 1 is 1.17 bits per heavy atom. The molecule has 4 nitrogen and oxygen atoms in total. The second kappa shape index (κ2) is 4.46. The third-order valence-corrected chi connectivity index (χ3v) is 3.27. The highest BCUT2D eigenvalue weighted by atomic mass is 16.5. The van der Waals surface area contributed by atoms with Crippen LogP contribution >= 0.6 is 0 Å². The summed E-state index contributed by atoms with van der Waals surface area (Å²) < 4.78 is 11.1. The summed E-state index contributed by atoms with van der Waals surface area (Å²) in [6.45, 7) is 4.64. The van der Waals surface area contributed by atoms with E-state index in [0.29, 0.717) is 35.6 Å². The number of rotatable bonds is 1. The number of anilines is 1. The number of hydrogen-bond donors (Lipinski definition) is 0. The van der Waals surface area contributed by atoms with Gasteiger partial charge in [-0.2, -0.15) is 0 Å². The summed E-state index contributed by atoms with van der Waals surface area (Å²) in [6, 6.07) is 7.37. The number of aryl methyl sites for hydroxylation is 1. The number of fused-ring (bicyclic) bond motifs is 1. The van der Waals surface area contributed by atoms with Gasteiger partial charge in [-0.3, -0.25) is 4.79 Å². The smallest absolute Gasteiger partial charge is 0.216 e. The van der Waals surface area contributed by atoms with Crippen LogP contribution in [0.5, 0.6) is 0 Å². The lowest BCUT2D eigenvalue weighted by Crippen LogP contribution is -2.39. The molecule has 1 saturated heterocycles. The molecule has 0 aliphatic carbocycles. The van der Waals surface area contributed by atoms with E-state index in [1.807, 2.05) is 31.2 Å². The van der Waals surface area contributed by atoms with Crippen molar-refractivity contribution in [3.8, 4) is 0 Å². The lowest BCUT2D eigenvalue weighted by atomic mass is 10.2. The van der Waals surface area contributed by atoms with Crippen LogP contribution in [0, 0.1) is 6.92 Å². The van der Waals surface area contributed by atoms with Gasteiger partial charge in [0.25, 0.3) is 0 Å². The van der Waals surface area contributed by atoms with Gasteiger partial charge in [-0.25, -0.2) is 0 Å². The topological polar surface area (TPSA) is 42.7 Å². The van der Waals surface area contributed by atoms with Crippen LogP contribution in [0.1, 0.15) is 5.76 Å². The summed E-state index contributed by atoms with van der Waals surface area (Å²) in [5.74, 6) is 0.681. The average Bonchev–Trinajstić information content (AvgIpc) is 2.40. The van der Waals surface area contributed by atoms with Crippen molar-refractivity contribution in [2.24, 2.45) is 0 Å². The van der Waals surface area contributed by atoms with Gasteiger partial charge in [0.2, 0.25) is 5.43 Å². The molecule has 1 aliphatic rings. The summed E-state index contributed by atoms with van der Waals surface area (Å²) in [5, 5.41) is 0.643. The molecule has 0 radical (unpaired) electrons. The number of benzene rings is 1. The van der Waals surface area contributed by atoms with Crippen molar-refractivity contribution < 1.29 is 9.15 Å². The minimum absolute atomic E-state index is 0.0521. The van der Waals surface area contributed by atoms with E-state index in [1.54, 1.807) is 0 Å². The first-order chi connectivity index (χ1) is 8.77. The Hall–Kier alpha value is -1.81. The molecule has 1 aromatic heterocycles. The number of morpholine rings is 1. The van der Waals surface area contributed by atoms with Gasteiger partial charge in [0.1, 0.15) is 17.0 Å². The third kappa shape index (κ3) is 1.78. The summed E-state index contributed by atoms with van der Waals surface area (Å²) in [4.78, 5) is 14.6. The fourth-order valence-corrected chi connectivity index (χ4v) is 2.40. The van der Waals surface area contributed by atoms with Crippen LogP contribution in [0.2, 0.25) is 0 Å². The van der Waals surface area contributed by atoms with Gasteiger partial charge in [-0.05, 0) is 19.1 Å². The Labute approximate surface area is 105 Å². The largest absolute Gasteiger partial charge is 0.459 e. The van der Waals surface area contributed by atoms with Crippen molar-refractivity contribution in [1.29, 1.82) is 0 Å².